The van der Waals surface area contributed by atoms with Crippen LogP contribution in [0.15, 0.2) is 11.6 Å². The van der Waals surface area contributed by atoms with Gasteiger partial charge in [0.25, 0.3) is 0 Å². The maximum atomic E-state index is 10.7. The number of carbonyl (C=O) groups excluding carboxylic acids is 1. The Morgan fingerprint density at radius 1 is 1.67 bits per heavy atom. The first-order valence-electron chi connectivity index (χ1n) is 4.44. The summed E-state index contributed by atoms with van der Waals surface area (Å²) in [7, 11) is 0. The second-order valence-corrected chi connectivity index (χ2v) is 3.60. The fourth-order valence-electron chi connectivity index (χ4n) is 1.49. The predicted octanol–water partition coefficient (Wildman–Crippen LogP) is 2.29. The maximum absolute atomic E-state index is 10.7. The molecule has 0 spiro atoms. The van der Waals surface area contributed by atoms with Crippen LogP contribution in [0.1, 0.15) is 33.6 Å². The average Bonchev–Trinajstić information content (AvgIpc) is 1.96. The highest BCUT2D eigenvalue weighted by atomic mass is 16.5. The molecule has 0 amide bonds. The Hall–Kier alpha value is -0.790. The zero-order valence-electron chi connectivity index (χ0n) is 7.96. The van der Waals surface area contributed by atoms with E-state index < -0.39 is 0 Å². The molecule has 0 bridgehead atoms. The van der Waals surface area contributed by atoms with Gasteiger partial charge in [0.1, 0.15) is 6.10 Å². The topological polar surface area (TPSA) is 26.3 Å². The molecule has 1 rings (SSSR count). The molecule has 0 heterocycles. The highest BCUT2D eigenvalue weighted by molar-refractivity contribution is 5.66. The lowest BCUT2D eigenvalue weighted by molar-refractivity contribution is -0.146. The fourth-order valence-corrected chi connectivity index (χ4v) is 1.49. The second-order valence-electron chi connectivity index (χ2n) is 3.60. The van der Waals surface area contributed by atoms with Crippen LogP contribution in [0.3, 0.4) is 0 Å². The molecule has 0 aromatic heterocycles. The van der Waals surface area contributed by atoms with E-state index in [2.05, 4.69) is 19.9 Å². The number of allylic oxidation sites excluding steroid dienone is 1. The van der Waals surface area contributed by atoms with Crippen molar-refractivity contribution >= 4 is 5.97 Å². The molecular formula is C10H16O2. The minimum absolute atomic E-state index is 0.0104. The summed E-state index contributed by atoms with van der Waals surface area (Å²) in [6.07, 6.45) is 4.34. The van der Waals surface area contributed by atoms with Gasteiger partial charge in [-0.1, -0.05) is 12.5 Å². The lowest BCUT2D eigenvalue weighted by Crippen LogP contribution is -2.25. The molecule has 0 saturated carbocycles. The standard InChI is InChI=1S/C10H16O2/c1-7-4-5-8(2)10(6-7)12-9(3)11/h6,8,10H,4-5H2,1-3H3. The molecular weight excluding hydrogens is 152 g/mol. The quantitative estimate of drug-likeness (QED) is 0.443. The van der Waals surface area contributed by atoms with E-state index >= 15 is 0 Å². The maximum Gasteiger partial charge on any atom is 0.303 e. The van der Waals surface area contributed by atoms with E-state index in [9.17, 15) is 4.79 Å². The molecule has 0 aliphatic heterocycles. The number of hydrogen-bond acceptors (Lipinski definition) is 2. The summed E-state index contributed by atoms with van der Waals surface area (Å²) in [4.78, 5) is 10.7. The molecule has 0 radical (unpaired) electrons. The summed E-state index contributed by atoms with van der Waals surface area (Å²) in [5.41, 5.74) is 1.33. The van der Waals surface area contributed by atoms with Crippen LogP contribution >= 0.6 is 0 Å². The summed E-state index contributed by atoms with van der Waals surface area (Å²) in [6.45, 7) is 5.67. The van der Waals surface area contributed by atoms with Crippen LogP contribution in [-0.2, 0) is 9.53 Å². The van der Waals surface area contributed by atoms with E-state index in [0.717, 1.165) is 12.8 Å². The largest absolute Gasteiger partial charge is 0.458 e. The van der Waals surface area contributed by atoms with E-state index in [-0.39, 0.29) is 12.1 Å². The Kier molecular flexibility index (Phi) is 2.90. The van der Waals surface area contributed by atoms with Gasteiger partial charge in [-0.2, -0.15) is 0 Å². The Bertz CT molecular complexity index is 206. The molecule has 0 N–H and O–H groups in total. The minimum Gasteiger partial charge on any atom is -0.458 e. The van der Waals surface area contributed by atoms with Crippen LogP contribution in [0.4, 0.5) is 0 Å². The van der Waals surface area contributed by atoms with Crippen molar-refractivity contribution in [2.45, 2.75) is 39.7 Å². The highest BCUT2D eigenvalue weighted by Crippen LogP contribution is 2.25. The van der Waals surface area contributed by atoms with Crippen LogP contribution in [0.2, 0.25) is 0 Å². The average molecular weight is 168 g/mol. The van der Waals surface area contributed by atoms with E-state index in [0.29, 0.717) is 5.92 Å². The van der Waals surface area contributed by atoms with Gasteiger partial charge in [-0.05, 0) is 31.8 Å². The van der Waals surface area contributed by atoms with Gasteiger partial charge in [0.2, 0.25) is 0 Å². The molecule has 0 fully saturated rings. The zero-order valence-corrected chi connectivity index (χ0v) is 7.96. The van der Waals surface area contributed by atoms with Gasteiger partial charge in [-0.3, -0.25) is 4.79 Å². The van der Waals surface area contributed by atoms with Gasteiger partial charge in [0.05, 0.1) is 0 Å². The van der Waals surface area contributed by atoms with Crippen molar-refractivity contribution in [2.75, 3.05) is 0 Å². The summed E-state index contributed by atoms with van der Waals surface area (Å²) in [5.74, 6) is 0.287. The Morgan fingerprint density at radius 3 is 2.92 bits per heavy atom. The fraction of sp³-hybridized carbons (Fsp3) is 0.700. The van der Waals surface area contributed by atoms with Crippen LogP contribution in [0.5, 0.6) is 0 Å². The molecule has 12 heavy (non-hydrogen) atoms. The third-order valence-corrected chi connectivity index (χ3v) is 2.31. The van der Waals surface area contributed by atoms with Crippen LogP contribution in [0.25, 0.3) is 0 Å². The van der Waals surface area contributed by atoms with E-state index in [4.69, 9.17) is 4.74 Å². The molecule has 0 aromatic rings. The molecule has 0 saturated heterocycles. The Morgan fingerprint density at radius 2 is 2.33 bits per heavy atom. The molecule has 2 unspecified atom stereocenters. The third-order valence-electron chi connectivity index (χ3n) is 2.31. The summed E-state index contributed by atoms with van der Waals surface area (Å²) in [5, 5.41) is 0. The number of rotatable bonds is 1. The Labute approximate surface area is 73.6 Å². The van der Waals surface area contributed by atoms with Gasteiger partial charge >= 0.3 is 5.97 Å². The van der Waals surface area contributed by atoms with Gasteiger partial charge in [-0.25, -0.2) is 0 Å². The van der Waals surface area contributed by atoms with Crippen molar-refractivity contribution in [3.8, 4) is 0 Å². The molecule has 0 aromatic carbocycles. The first-order chi connectivity index (χ1) is 5.59. The Balaban J connectivity index is 2.60. The van der Waals surface area contributed by atoms with Crippen LogP contribution < -0.4 is 0 Å². The number of carbonyl (C=O) groups is 1. The van der Waals surface area contributed by atoms with Crippen molar-refractivity contribution in [1.29, 1.82) is 0 Å². The number of esters is 1. The van der Waals surface area contributed by atoms with Crippen molar-refractivity contribution in [1.82, 2.24) is 0 Å². The van der Waals surface area contributed by atoms with Crippen LogP contribution in [0, 0.1) is 5.92 Å². The number of hydrogen-bond donors (Lipinski definition) is 0. The third kappa shape index (κ3) is 2.36. The lowest BCUT2D eigenvalue weighted by Gasteiger charge is -2.25. The zero-order chi connectivity index (χ0) is 9.14. The normalized spacial score (nSPS) is 29.4. The summed E-state index contributed by atoms with van der Waals surface area (Å²) >= 11 is 0. The lowest BCUT2D eigenvalue weighted by atomic mass is 9.89. The van der Waals surface area contributed by atoms with Crippen molar-refractivity contribution in [2.24, 2.45) is 5.92 Å². The van der Waals surface area contributed by atoms with Crippen molar-refractivity contribution in [3.05, 3.63) is 11.6 Å². The minimum atomic E-state index is -0.183. The molecule has 2 nitrogen and oxygen atoms in total. The van der Waals surface area contributed by atoms with Crippen LogP contribution in [-0.4, -0.2) is 12.1 Å². The van der Waals surface area contributed by atoms with E-state index in [1.165, 1.54) is 12.5 Å². The molecule has 1 aliphatic rings. The predicted molar refractivity (Wildman–Crippen MR) is 47.7 cm³/mol. The summed E-state index contributed by atoms with van der Waals surface area (Å²) < 4.78 is 5.16. The first kappa shape index (κ1) is 9.30. The van der Waals surface area contributed by atoms with Gasteiger partial charge < -0.3 is 4.74 Å². The second kappa shape index (κ2) is 3.74. The molecule has 1 aliphatic carbocycles. The highest BCUT2D eigenvalue weighted by Gasteiger charge is 2.21. The van der Waals surface area contributed by atoms with Gasteiger partial charge in [0.15, 0.2) is 0 Å². The SMILES string of the molecule is CC(=O)OC1C=C(C)CCC1C. The molecule has 2 atom stereocenters. The first-order valence-corrected chi connectivity index (χ1v) is 4.44. The van der Waals surface area contributed by atoms with E-state index in [1.54, 1.807) is 0 Å². The van der Waals surface area contributed by atoms with Crippen molar-refractivity contribution < 1.29 is 9.53 Å². The van der Waals surface area contributed by atoms with Gasteiger partial charge in [0, 0.05) is 6.92 Å². The number of ether oxygens (including phenoxy) is 1. The van der Waals surface area contributed by atoms with Crippen molar-refractivity contribution in [3.63, 3.8) is 0 Å². The monoisotopic (exact) mass is 168 g/mol. The summed E-state index contributed by atoms with van der Waals surface area (Å²) in [6, 6.07) is 0. The molecule has 2 heteroatoms. The molecule has 68 valence electrons. The smallest absolute Gasteiger partial charge is 0.303 e. The van der Waals surface area contributed by atoms with Gasteiger partial charge in [-0.15, -0.1) is 0 Å². The van der Waals surface area contributed by atoms with E-state index in [1.807, 2.05) is 0 Å².